The molecular formula is C13H18BrN. The van der Waals surface area contributed by atoms with Crippen LogP contribution in [-0.4, -0.2) is 6.04 Å². The molecule has 0 aliphatic heterocycles. The van der Waals surface area contributed by atoms with E-state index in [0.717, 1.165) is 10.4 Å². The van der Waals surface area contributed by atoms with Gasteiger partial charge in [-0.1, -0.05) is 29.3 Å². The van der Waals surface area contributed by atoms with Gasteiger partial charge in [-0.15, -0.1) is 0 Å². The highest BCUT2D eigenvalue weighted by molar-refractivity contribution is 9.10. The Kier molecular flexibility index (Phi) is 3.68. The molecule has 0 bridgehead atoms. The van der Waals surface area contributed by atoms with E-state index in [-0.39, 0.29) is 0 Å². The van der Waals surface area contributed by atoms with E-state index in [1.54, 1.807) is 0 Å². The summed E-state index contributed by atoms with van der Waals surface area (Å²) >= 11 is 3.45. The minimum absolute atomic E-state index is 0.691. The molecule has 0 aromatic heterocycles. The van der Waals surface area contributed by atoms with Crippen molar-refractivity contribution in [1.29, 1.82) is 0 Å². The molecule has 1 nitrogen and oxygen atoms in total. The fourth-order valence-electron chi connectivity index (χ4n) is 2.36. The number of benzene rings is 1. The first-order valence-electron chi connectivity index (χ1n) is 5.80. The minimum Gasteiger partial charge on any atom is -0.382 e. The molecule has 1 aromatic carbocycles. The molecule has 2 heteroatoms. The lowest BCUT2D eigenvalue weighted by molar-refractivity contribution is 0.525. The maximum atomic E-state index is 3.61. The fourth-order valence-corrected chi connectivity index (χ4v) is 2.62. The summed E-state index contributed by atoms with van der Waals surface area (Å²) in [4.78, 5) is 0. The molecular weight excluding hydrogens is 250 g/mol. The van der Waals surface area contributed by atoms with Crippen LogP contribution in [0.1, 0.15) is 32.6 Å². The molecule has 1 N–H and O–H groups in total. The topological polar surface area (TPSA) is 12.0 Å². The molecule has 0 radical (unpaired) electrons. The third-order valence-electron chi connectivity index (χ3n) is 3.33. The molecule has 0 heterocycles. The Morgan fingerprint density at radius 3 is 2.60 bits per heavy atom. The number of hydrogen-bond donors (Lipinski definition) is 1. The number of anilines is 1. The van der Waals surface area contributed by atoms with Gasteiger partial charge < -0.3 is 5.32 Å². The average molecular weight is 268 g/mol. The van der Waals surface area contributed by atoms with Crippen LogP contribution in [0.5, 0.6) is 0 Å². The first-order chi connectivity index (χ1) is 7.28. The monoisotopic (exact) mass is 267 g/mol. The van der Waals surface area contributed by atoms with Crippen LogP contribution in [0.15, 0.2) is 28.7 Å². The van der Waals surface area contributed by atoms with Crippen LogP contribution in [0.4, 0.5) is 5.69 Å². The van der Waals surface area contributed by atoms with Crippen LogP contribution in [0.25, 0.3) is 0 Å². The highest BCUT2D eigenvalue weighted by Crippen LogP contribution is 2.30. The maximum Gasteiger partial charge on any atom is 0.0343 e. The number of nitrogens with one attached hydrogen (secondary N) is 1. The molecule has 15 heavy (non-hydrogen) atoms. The lowest BCUT2D eigenvalue weighted by atomic mass is 10.1. The van der Waals surface area contributed by atoms with Gasteiger partial charge >= 0.3 is 0 Å². The van der Waals surface area contributed by atoms with E-state index in [1.165, 1.54) is 31.4 Å². The Morgan fingerprint density at radius 2 is 2.00 bits per heavy atom. The molecule has 0 amide bonds. The number of hydrogen-bond acceptors (Lipinski definition) is 1. The van der Waals surface area contributed by atoms with Crippen LogP contribution in [0, 0.1) is 5.92 Å². The highest BCUT2D eigenvalue weighted by Gasteiger charge is 2.22. The lowest BCUT2D eigenvalue weighted by Gasteiger charge is -2.14. The largest absolute Gasteiger partial charge is 0.382 e. The van der Waals surface area contributed by atoms with Gasteiger partial charge in [0.1, 0.15) is 0 Å². The summed E-state index contributed by atoms with van der Waals surface area (Å²) in [5.41, 5.74) is 1.25. The number of rotatable bonds is 3. The zero-order valence-electron chi connectivity index (χ0n) is 9.17. The van der Waals surface area contributed by atoms with Gasteiger partial charge in [-0.3, -0.25) is 0 Å². The van der Waals surface area contributed by atoms with Crippen molar-refractivity contribution >= 4 is 21.6 Å². The highest BCUT2D eigenvalue weighted by atomic mass is 79.9. The van der Waals surface area contributed by atoms with Crippen LogP contribution in [-0.2, 0) is 0 Å². The van der Waals surface area contributed by atoms with E-state index in [2.05, 4.69) is 52.4 Å². The van der Waals surface area contributed by atoms with Crippen molar-refractivity contribution in [3.05, 3.63) is 28.7 Å². The summed E-state index contributed by atoms with van der Waals surface area (Å²) in [5, 5.41) is 3.61. The Morgan fingerprint density at radius 1 is 1.27 bits per heavy atom. The molecule has 2 unspecified atom stereocenters. The predicted octanol–water partition coefficient (Wildman–Crippen LogP) is 4.44. The molecule has 82 valence electrons. The average Bonchev–Trinajstić information content (AvgIpc) is 2.69. The van der Waals surface area contributed by atoms with E-state index in [0.29, 0.717) is 6.04 Å². The van der Waals surface area contributed by atoms with E-state index in [9.17, 15) is 0 Å². The third kappa shape index (κ3) is 2.97. The van der Waals surface area contributed by atoms with Gasteiger partial charge in [-0.05, 0) is 49.4 Å². The molecule has 1 aliphatic rings. The van der Waals surface area contributed by atoms with Gasteiger partial charge in [0.05, 0.1) is 0 Å². The van der Waals surface area contributed by atoms with Crippen molar-refractivity contribution < 1.29 is 0 Å². The second-order valence-corrected chi connectivity index (χ2v) is 5.35. The lowest BCUT2D eigenvalue weighted by Crippen LogP contribution is -2.15. The van der Waals surface area contributed by atoms with Crippen molar-refractivity contribution in [2.24, 2.45) is 5.92 Å². The van der Waals surface area contributed by atoms with Gasteiger partial charge in [0.2, 0.25) is 0 Å². The zero-order valence-corrected chi connectivity index (χ0v) is 10.8. The summed E-state index contributed by atoms with van der Waals surface area (Å²) in [5.74, 6) is 0.943. The zero-order chi connectivity index (χ0) is 10.7. The first kappa shape index (κ1) is 11.0. The van der Waals surface area contributed by atoms with Gasteiger partial charge in [0.25, 0.3) is 0 Å². The summed E-state index contributed by atoms with van der Waals surface area (Å²) < 4.78 is 1.14. The Labute approximate surface area is 100 Å². The van der Waals surface area contributed by atoms with Crippen molar-refractivity contribution in [2.45, 2.75) is 38.6 Å². The van der Waals surface area contributed by atoms with Crippen LogP contribution >= 0.6 is 15.9 Å². The molecule has 0 spiro atoms. The smallest absolute Gasteiger partial charge is 0.0343 e. The van der Waals surface area contributed by atoms with Crippen molar-refractivity contribution in [3.63, 3.8) is 0 Å². The van der Waals surface area contributed by atoms with E-state index in [4.69, 9.17) is 0 Å². The third-order valence-corrected chi connectivity index (χ3v) is 3.86. The minimum atomic E-state index is 0.691. The van der Waals surface area contributed by atoms with Crippen LogP contribution in [0.3, 0.4) is 0 Å². The van der Waals surface area contributed by atoms with Gasteiger partial charge in [-0.2, -0.15) is 0 Å². The molecule has 2 rings (SSSR count). The fraction of sp³-hybridized carbons (Fsp3) is 0.538. The maximum absolute atomic E-state index is 3.61. The Balaban J connectivity index is 1.90. The summed E-state index contributed by atoms with van der Waals surface area (Å²) in [6, 6.07) is 9.16. The molecule has 1 aliphatic carbocycles. The quantitative estimate of drug-likeness (QED) is 0.854. The second kappa shape index (κ2) is 5.02. The van der Waals surface area contributed by atoms with Crippen molar-refractivity contribution in [1.82, 2.24) is 0 Å². The molecule has 0 saturated heterocycles. The standard InChI is InChI=1S/C13H18BrN/c1-2-10-3-6-13(9-10)15-12-7-4-11(14)5-8-12/h4-5,7-8,10,13,15H,2-3,6,9H2,1H3. The summed E-state index contributed by atoms with van der Waals surface area (Å²) in [6.07, 6.45) is 5.39. The Hall–Kier alpha value is -0.500. The molecule has 2 atom stereocenters. The van der Waals surface area contributed by atoms with Crippen LogP contribution in [0.2, 0.25) is 0 Å². The van der Waals surface area contributed by atoms with Gasteiger partial charge in [0.15, 0.2) is 0 Å². The summed E-state index contributed by atoms with van der Waals surface area (Å²) in [7, 11) is 0. The number of halogens is 1. The van der Waals surface area contributed by atoms with Gasteiger partial charge in [-0.25, -0.2) is 0 Å². The Bertz CT molecular complexity index is 307. The van der Waals surface area contributed by atoms with Gasteiger partial charge in [0, 0.05) is 16.2 Å². The normalized spacial score (nSPS) is 25.5. The first-order valence-corrected chi connectivity index (χ1v) is 6.59. The molecule has 1 fully saturated rings. The van der Waals surface area contributed by atoms with E-state index < -0.39 is 0 Å². The van der Waals surface area contributed by atoms with Crippen LogP contribution < -0.4 is 5.32 Å². The predicted molar refractivity (Wildman–Crippen MR) is 69.2 cm³/mol. The van der Waals surface area contributed by atoms with Crippen molar-refractivity contribution in [3.8, 4) is 0 Å². The molecule has 1 saturated carbocycles. The van der Waals surface area contributed by atoms with E-state index >= 15 is 0 Å². The SMILES string of the molecule is CCC1CCC(Nc2ccc(Br)cc2)C1. The molecule has 1 aromatic rings. The summed E-state index contributed by atoms with van der Waals surface area (Å²) in [6.45, 7) is 2.30. The van der Waals surface area contributed by atoms with Crippen molar-refractivity contribution in [2.75, 3.05) is 5.32 Å². The second-order valence-electron chi connectivity index (χ2n) is 4.44. The van der Waals surface area contributed by atoms with E-state index in [1.807, 2.05) is 0 Å².